The number of carbonyl (C=O) groups excluding carboxylic acids is 2. The van der Waals surface area contributed by atoms with E-state index in [1.807, 2.05) is 30.3 Å². The van der Waals surface area contributed by atoms with Crippen molar-refractivity contribution in [1.29, 1.82) is 0 Å². The van der Waals surface area contributed by atoms with E-state index in [9.17, 15) is 9.59 Å². The predicted molar refractivity (Wildman–Crippen MR) is 113 cm³/mol. The Balaban J connectivity index is 1.55. The highest BCUT2D eigenvalue weighted by atomic mass is 16.6. The summed E-state index contributed by atoms with van der Waals surface area (Å²) in [6.07, 6.45) is 1.10. The van der Waals surface area contributed by atoms with Gasteiger partial charge in [0.2, 0.25) is 0 Å². The molecule has 0 atom stereocenters. The Morgan fingerprint density at radius 3 is 2.47 bits per heavy atom. The monoisotopic (exact) mass is 412 g/mol. The van der Waals surface area contributed by atoms with Gasteiger partial charge in [-0.05, 0) is 43.5 Å². The third-order valence-electron chi connectivity index (χ3n) is 5.02. The van der Waals surface area contributed by atoms with Gasteiger partial charge in [0.05, 0.1) is 13.7 Å². The second-order valence-electron chi connectivity index (χ2n) is 7.07. The van der Waals surface area contributed by atoms with Crippen molar-refractivity contribution in [2.24, 2.45) is 0 Å². The molecule has 1 saturated heterocycles. The number of hydrogen-bond donors (Lipinski definition) is 1. The zero-order valence-corrected chi connectivity index (χ0v) is 17.4. The number of rotatable bonds is 7. The molecule has 1 N–H and O–H groups in total. The predicted octanol–water partition coefficient (Wildman–Crippen LogP) is 3.62. The van der Waals surface area contributed by atoms with Gasteiger partial charge >= 0.3 is 6.09 Å². The summed E-state index contributed by atoms with van der Waals surface area (Å²) in [4.78, 5) is 26.1. The van der Waals surface area contributed by atoms with Crippen LogP contribution in [-0.2, 0) is 11.3 Å². The first kappa shape index (κ1) is 21.5. The number of nitrogens with one attached hydrogen (secondary N) is 1. The summed E-state index contributed by atoms with van der Waals surface area (Å²) in [6, 6.07) is 15.0. The standard InChI is InChI=1S/C23H28N2O5/c1-3-29-23(27)25-13-11-19(12-14-25)24-22(26)18-9-10-20(21(15-18)28-2)30-16-17-7-5-4-6-8-17/h4-10,15,19H,3,11-14,16H2,1-2H3,(H,24,26). The van der Waals surface area contributed by atoms with Crippen LogP contribution in [0.3, 0.4) is 0 Å². The van der Waals surface area contributed by atoms with Gasteiger partial charge in [-0.15, -0.1) is 0 Å². The topological polar surface area (TPSA) is 77.1 Å². The van der Waals surface area contributed by atoms with Crippen molar-refractivity contribution in [1.82, 2.24) is 10.2 Å². The summed E-state index contributed by atoms with van der Waals surface area (Å²) in [5.41, 5.74) is 1.56. The molecule has 7 heteroatoms. The molecule has 1 fully saturated rings. The SMILES string of the molecule is CCOC(=O)N1CCC(NC(=O)c2ccc(OCc3ccccc3)c(OC)c2)CC1. The first-order chi connectivity index (χ1) is 14.6. The highest BCUT2D eigenvalue weighted by Crippen LogP contribution is 2.29. The van der Waals surface area contributed by atoms with E-state index in [1.165, 1.54) is 0 Å². The molecule has 0 saturated carbocycles. The van der Waals surface area contributed by atoms with Crippen molar-refractivity contribution >= 4 is 12.0 Å². The van der Waals surface area contributed by atoms with Crippen LogP contribution in [-0.4, -0.2) is 49.7 Å². The summed E-state index contributed by atoms with van der Waals surface area (Å²) in [5, 5.41) is 3.04. The first-order valence-electron chi connectivity index (χ1n) is 10.2. The lowest BCUT2D eigenvalue weighted by Crippen LogP contribution is -2.46. The van der Waals surface area contributed by atoms with Gasteiger partial charge < -0.3 is 24.4 Å². The number of carbonyl (C=O) groups is 2. The molecule has 0 spiro atoms. The molecule has 160 valence electrons. The van der Waals surface area contributed by atoms with E-state index in [0.29, 0.717) is 56.2 Å². The molecule has 0 radical (unpaired) electrons. The molecule has 30 heavy (non-hydrogen) atoms. The molecule has 7 nitrogen and oxygen atoms in total. The Morgan fingerprint density at radius 1 is 1.07 bits per heavy atom. The first-order valence-corrected chi connectivity index (χ1v) is 10.2. The van der Waals surface area contributed by atoms with Gasteiger partial charge in [0, 0.05) is 24.7 Å². The minimum Gasteiger partial charge on any atom is -0.493 e. The number of benzene rings is 2. The fourth-order valence-electron chi connectivity index (χ4n) is 3.35. The third kappa shape index (κ3) is 5.65. The Kier molecular flexibility index (Phi) is 7.54. The molecule has 1 aliphatic rings. The second-order valence-corrected chi connectivity index (χ2v) is 7.07. The van der Waals surface area contributed by atoms with E-state index in [2.05, 4.69) is 5.32 Å². The molecule has 2 amide bonds. The number of likely N-dealkylation sites (tertiary alicyclic amines) is 1. The van der Waals surface area contributed by atoms with Crippen LogP contribution in [0.1, 0.15) is 35.7 Å². The molecule has 2 aromatic carbocycles. The summed E-state index contributed by atoms with van der Waals surface area (Å²) >= 11 is 0. The molecule has 1 heterocycles. The van der Waals surface area contributed by atoms with Crippen molar-refractivity contribution < 1.29 is 23.8 Å². The van der Waals surface area contributed by atoms with Crippen LogP contribution in [0, 0.1) is 0 Å². The number of nitrogens with zero attached hydrogens (tertiary/aromatic N) is 1. The van der Waals surface area contributed by atoms with E-state index in [4.69, 9.17) is 14.2 Å². The maximum atomic E-state index is 12.7. The van der Waals surface area contributed by atoms with E-state index in [0.717, 1.165) is 5.56 Å². The van der Waals surface area contributed by atoms with E-state index in [-0.39, 0.29) is 18.0 Å². The van der Waals surface area contributed by atoms with Crippen LogP contribution in [0.25, 0.3) is 0 Å². The van der Waals surface area contributed by atoms with Gasteiger partial charge in [0.15, 0.2) is 11.5 Å². The number of hydrogen-bond acceptors (Lipinski definition) is 5. The van der Waals surface area contributed by atoms with Gasteiger partial charge in [-0.1, -0.05) is 30.3 Å². The van der Waals surface area contributed by atoms with Gasteiger partial charge in [0.1, 0.15) is 6.61 Å². The highest BCUT2D eigenvalue weighted by molar-refractivity contribution is 5.95. The van der Waals surface area contributed by atoms with Crippen molar-refractivity contribution in [2.45, 2.75) is 32.4 Å². The van der Waals surface area contributed by atoms with Gasteiger partial charge in [-0.3, -0.25) is 4.79 Å². The molecule has 0 unspecified atom stereocenters. The molecule has 2 aromatic rings. The van der Waals surface area contributed by atoms with Crippen LogP contribution in [0.5, 0.6) is 11.5 Å². The lowest BCUT2D eigenvalue weighted by atomic mass is 10.0. The van der Waals surface area contributed by atoms with E-state index >= 15 is 0 Å². The lowest BCUT2D eigenvalue weighted by molar-refractivity contribution is 0.0859. The van der Waals surface area contributed by atoms with Crippen molar-refractivity contribution in [3.8, 4) is 11.5 Å². The van der Waals surface area contributed by atoms with Crippen LogP contribution in [0.2, 0.25) is 0 Å². The third-order valence-corrected chi connectivity index (χ3v) is 5.02. The summed E-state index contributed by atoms with van der Waals surface area (Å²) in [6.45, 7) is 3.71. The smallest absolute Gasteiger partial charge is 0.409 e. The van der Waals surface area contributed by atoms with Crippen molar-refractivity contribution in [3.05, 3.63) is 59.7 Å². The Labute approximate surface area is 176 Å². The van der Waals surface area contributed by atoms with Crippen LogP contribution in [0.15, 0.2) is 48.5 Å². The van der Waals surface area contributed by atoms with Crippen LogP contribution >= 0.6 is 0 Å². The summed E-state index contributed by atoms with van der Waals surface area (Å²) < 4.78 is 16.3. The second kappa shape index (κ2) is 10.5. The van der Waals surface area contributed by atoms with E-state index in [1.54, 1.807) is 37.1 Å². The summed E-state index contributed by atoms with van der Waals surface area (Å²) in [5.74, 6) is 0.925. The molecular weight excluding hydrogens is 384 g/mol. The maximum Gasteiger partial charge on any atom is 0.409 e. The molecular formula is C23H28N2O5. The Bertz CT molecular complexity index is 848. The maximum absolute atomic E-state index is 12.7. The number of amides is 2. The molecule has 0 bridgehead atoms. The normalized spacial score (nSPS) is 14.1. The minimum atomic E-state index is -0.293. The van der Waals surface area contributed by atoms with Crippen LogP contribution in [0.4, 0.5) is 4.79 Å². The largest absolute Gasteiger partial charge is 0.493 e. The zero-order chi connectivity index (χ0) is 21.3. The average Bonchev–Trinajstić information content (AvgIpc) is 2.79. The number of methoxy groups -OCH3 is 1. The average molecular weight is 412 g/mol. The Morgan fingerprint density at radius 2 is 1.80 bits per heavy atom. The molecule has 0 aromatic heterocycles. The fourth-order valence-corrected chi connectivity index (χ4v) is 3.35. The van der Waals surface area contributed by atoms with Crippen LogP contribution < -0.4 is 14.8 Å². The quantitative estimate of drug-likeness (QED) is 0.752. The van der Waals surface area contributed by atoms with E-state index < -0.39 is 0 Å². The number of ether oxygens (including phenoxy) is 3. The Hall–Kier alpha value is -3.22. The fraction of sp³-hybridized carbons (Fsp3) is 0.391. The number of piperidine rings is 1. The zero-order valence-electron chi connectivity index (χ0n) is 17.4. The highest BCUT2D eigenvalue weighted by Gasteiger charge is 2.25. The van der Waals surface area contributed by atoms with Crippen molar-refractivity contribution in [2.75, 3.05) is 26.8 Å². The summed E-state index contributed by atoms with van der Waals surface area (Å²) in [7, 11) is 1.55. The molecule has 0 aliphatic carbocycles. The van der Waals surface area contributed by atoms with Gasteiger partial charge in [-0.2, -0.15) is 0 Å². The van der Waals surface area contributed by atoms with Gasteiger partial charge in [0.25, 0.3) is 5.91 Å². The molecule has 1 aliphatic heterocycles. The molecule has 3 rings (SSSR count). The minimum absolute atomic E-state index is 0.0168. The lowest BCUT2D eigenvalue weighted by Gasteiger charge is -2.31. The van der Waals surface area contributed by atoms with Gasteiger partial charge in [-0.25, -0.2) is 4.79 Å². The van der Waals surface area contributed by atoms with Crippen molar-refractivity contribution in [3.63, 3.8) is 0 Å².